The highest BCUT2D eigenvalue weighted by Gasteiger charge is 2.00. The number of phenols is 2. The third-order valence-electron chi connectivity index (χ3n) is 3.42. The van der Waals surface area contributed by atoms with E-state index in [9.17, 15) is 15.0 Å². The highest BCUT2D eigenvalue weighted by molar-refractivity contribution is 5.91. The van der Waals surface area contributed by atoms with Crippen molar-refractivity contribution >= 4 is 12.0 Å². The first-order valence-corrected chi connectivity index (χ1v) is 7.43. The van der Waals surface area contributed by atoms with Crippen LogP contribution in [0.1, 0.15) is 16.7 Å². The summed E-state index contributed by atoms with van der Waals surface area (Å²) in [4.78, 5) is 11.8. The lowest BCUT2D eigenvalue weighted by Gasteiger charge is -2.05. The van der Waals surface area contributed by atoms with Crippen LogP contribution in [0.2, 0.25) is 0 Å². The molecule has 0 fully saturated rings. The molecule has 23 heavy (non-hydrogen) atoms. The van der Waals surface area contributed by atoms with E-state index in [2.05, 4.69) is 18.3 Å². The quantitative estimate of drug-likeness (QED) is 0.567. The zero-order chi connectivity index (χ0) is 16.7. The lowest BCUT2D eigenvalue weighted by molar-refractivity contribution is -0.116. The van der Waals surface area contributed by atoms with E-state index in [1.165, 1.54) is 29.3 Å². The van der Waals surface area contributed by atoms with Gasteiger partial charge in [0.1, 0.15) is 0 Å². The number of hydrogen-bond acceptors (Lipinski definition) is 3. The molecule has 1 radical (unpaired) electrons. The van der Waals surface area contributed by atoms with Gasteiger partial charge in [-0.2, -0.15) is 0 Å². The third kappa shape index (κ3) is 5.18. The van der Waals surface area contributed by atoms with Crippen molar-refractivity contribution in [3.8, 4) is 11.5 Å². The van der Waals surface area contributed by atoms with Crippen LogP contribution in [0.4, 0.5) is 0 Å². The number of hydrogen-bond donors (Lipinski definition) is 3. The predicted molar refractivity (Wildman–Crippen MR) is 91.0 cm³/mol. The van der Waals surface area contributed by atoms with Gasteiger partial charge in [-0.3, -0.25) is 4.79 Å². The van der Waals surface area contributed by atoms with Gasteiger partial charge in [-0.15, -0.1) is 0 Å². The fourth-order valence-corrected chi connectivity index (χ4v) is 2.15. The largest absolute Gasteiger partial charge is 0.504 e. The van der Waals surface area contributed by atoms with Gasteiger partial charge in [-0.05, 0) is 54.7 Å². The second-order valence-electron chi connectivity index (χ2n) is 5.19. The van der Waals surface area contributed by atoms with Crippen LogP contribution in [0.3, 0.4) is 0 Å². The molecule has 4 nitrogen and oxygen atoms in total. The second kappa shape index (κ2) is 8.03. The fourth-order valence-electron chi connectivity index (χ4n) is 2.15. The van der Waals surface area contributed by atoms with E-state index in [1.807, 2.05) is 18.2 Å². The number of aromatic hydroxyl groups is 2. The Balaban J connectivity index is 1.82. The summed E-state index contributed by atoms with van der Waals surface area (Å²) >= 11 is 0. The monoisotopic (exact) mass is 310 g/mol. The van der Waals surface area contributed by atoms with Gasteiger partial charge in [0.25, 0.3) is 0 Å². The Morgan fingerprint density at radius 2 is 1.87 bits per heavy atom. The van der Waals surface area contributed by atoms with Crippen LogP contribution in [-0.2, 0) is 17.6 Å². The van der Waals surface area contributed by atoms with E-state index in [4.69, 9.17) is 0 Å². The number of benzene rings is 2. The molecule has 0 saturated carbocycles. The SMILES string of the molecule is [CH2]Cc1cccc(CCNC(=O)/C=C/c2ccc(O)c(O)c2)c1. The molecule has 0 aliphatic carbocycles. The molecule has 0 bridgehead atoms. The molecule has 0 unspecified atom stereocenters. The van der Waals surface area contributed by atoms with Crippen molar-refractivity contribution in [2.75, 3.05) is 6.54 Å². The highest BCUT2D eigenvalue weighted by Crippen LogP contribution is 2.25. The molecular weight excluding hydrogens is 290 g/mol. The number of phenolic OH excluding ortho intramolecular Hbond substituents is 2. The fraction of sp³-hybridized carbons (Fsp3) is 0.158. The van der Waals surface area contributed by atoms with Gasteiger partial charge in [0.15, 0.2) is 11.5 Å². The number of nitrogens with one attached hydrogen (secondary N) is 1. The number of amides is 1. The zero-order valence-electron chi connectivity index (χ0n) is 12.8. The van der Waals surface area contributed by atoms with Gasteiger partial charge in [0.2, 0.25) is 5.91 Å². The van der Waals surface area contributed by atoms with Crippen molar-refractivity contribution in [1.29, 1.82) is 0 Å². The number of carbonyl (C=O) groups is 1. The smallest absolute Gasteiger partial charge is 0.244 e. The minimum atomic E-state index is -0.210. The van der Waals surface area contributed by atoms with Gasteiger partial charge in [-0.25, -0.2) is 0 Å². The molecule has 3 N–H and O–H groups in total. The van der Waals surface area contributed by atoms with Gasteiger partial charge in [0, 0.05) is 12.6 Å². The molecule has 119 valence electrons. The predicted octanol–water partition coefficient (Wildman–Crippen LogP) is 2.85. The molecule has 2 aromatic carbocycles. The normalized spacial score (nSPS) is 10.8. The Morgan fingerprint density at radius 1 is 1.09 bits per heavy atom. The van der Waals surface area contributed by atoms with E-state index < -0.39 is 0 Å². The average Bonchev–Trinajstić information content (AvgIpc) is 2.56. The maximum absolute atomic E-state index is 11.8. The van der Waals surface area contributed by atoms with E-state index in [-0.39, 0.29) is 17.4 Å². The van der Waals surface area contributed by atoms with Crippen LogP contribution in [0.15, 0.2) is 48.5 Å². The molecule has 0 atom stereocenters. The Labute approximate surface area is 136 Å². The lowest BCUT2D eigenvalue weighted by Crippen LogP contribution is -2.23. The summed E-state index contributed by atoms with van der Waals surface area (Å²) in [6.07, 6.45) is 4.49. The molecule has 0 saturated heterocycles. The first-order chi connectivity index (χ1) is 11.1. The van der Waals surface area contributed by atoms with Crippen LogP contribution in [0.25, 0.3) is 6.08 Å². The summed E-state index contributed by atoms with van der Waals surface area (Å²) in [6, 6.07) is 12.5. The molecule has 1 amide bonds. The average molecular weight is 310 g/mol. The first-order valence-electron chi connectivity index (χ1n) is 7.43. The molecule has 0 spiro atoms. The van der Waals surface area contributed by atoms with Crippen LogP contribution < -0.4 is 5.32 Å². The van der Waals surface area contributed by atoms with Crippen molar-refractivity contribution in [3.05, 3.63) is 72.2 Å². The van der Waals surface area contributed by atoms with Crippen LogP contribution in [0, 0.1) is 6.92 Å². The molecule has 2 rings (SSSR count). The van der Waals surface area contributed by atoms with Crippen LogP contribution >= 0.6 is 0 Å². The van der Waals surface area contributed by atoms with Gasteiger partial charge >= 0.3 is 0 Å². The lowest BCUT2D eigenvalue weighted by atomic mass is 10.1. The minimum Gasteiger partial charge on any atom is -0.504 e. The summed E-state index contributed by atoms with van der Waals surface area (Å²) in [6.45, 7) is 4.40. The third-order valence-corrected chi connectivity index (χ3v) is 3.42. The molecule has 2 aromatic rings. The summed E-state index contributed by atoms with van der Waals surface area (Å²) in [5.41, 5.74) is 2.98. The summed E-state index contributed by atoms with van der Waals surface area (Å²) in [7, 11) is 0. The van der Waals surface area contributed by atoms with Crippen molar-refractivity contribution < 1.29 is 15.0 Å². The molecule has 0 heterocycles. The molecule has 0 aliphatic heterocycles. The van der Waals surface area contributed by atoms with Gasteiger partial charge in [0.05, 0.1) is 0 Å². The van der Waals surface area contributed by atoms with E-state index in [0.29, 0.717) is 12.1 Å². The summed E-state index contributed by atoms with van der Waals surface area (Å²) in [5.74, 6) is -0.597. The van der Waals surface area contributed by atoms with Gasteiger partial charge in [-0.1, -0.05) is 30.3 Å². The molecular formula is C19H20NO3. The molecule has 4 heteroatoms. The van der Waals surface area contributed by atoms with Crippen molar-refractivity contribution in [2.24, 2.45) is 0 Å². The van der Waals surface area contributed by atoms with Crippen molar-refractivity contribution in [3.63, 3.8) is 0 Å². The highest BCUT2D eigenvalue weighted by atomic mass is 16.3. The van der Waals surface area contributed by atoms with E-state index in [1.54, 1.807) is 12.1 Å². The Bertz CT molecular complexity index is 708. The summed E-state index contributed by atoms with van der Waals surface area (Å²) < 4.78 is 0. The van der Waals surface area contributed by atoms with E-state index in [0.717, 1.165) is 12.8 Å². The van der Waals surface area contributed by atoms with E-state index >= 15 is 0 Å². The topological polar surface area (TPSA) is 69.6 Å². The Hall–Kier alpha value is -2.75. The molecule has 0 aliphatic rings. The van der Waals surface area contributed by atoms with Gasteiger partial charge < -0.3 is 15.5 Å². The van der Waals surface area contributed by atoms with Crippen molar-refractivity contribution in [2.45, 2.75) is 12.8 Å². The molecule has 0 aromatic heterocycles. The standard InChI is InChI=1S/C19H20NO3/c1-2-14-4-3-5-15(12-14)10-11-20-19(23)9-7-16-6-8-17(21)18(22)13-16/h3-9,12-13,21-22H,1-2,10-11H2,(H,20,23)/b9-7+. The Morgan fingerprint density at radius 3 is 2.61 bits per heavy atom. The number of rotatable bonds is 6. The maximum Gasteiger partial charge on any atom is 0.244 e. The van der Waals surface area contributed by atoms with Crippen LogP contribution in [-0.4, -0.2) is 22.7 Å². The maximum atomic E-state index is 11.8. The second-order valence-corrected chi connectivity index (χ2v) is 5.19. The van der Waals surface area contributed by atoms with Crippen molar-refractivity contribution in [1.82, 2.24) is 5.32 Å². The minimum absolute atomic E-state index is 0.184. The zero-order valence-corrected chi connectivity index (χ0v) is 12.8. The summed E-state index contributed by atoms with van der Waals surface area (Å²) in [5, 5.41) is 21.4. The Kier molecular flexibility index (Phi) is 5.80. The van der Waals surface area contributed by atoms with Crippen LogP contribution in [0.5, 0.6) is 11.5 Å². The number of carbonyl (C=O) groups excluding carboxylic acids is 1. The first kappa shape index (κ1) is 16.6.